The van der Waals surface area contributed by atoms with Crippen molar-refractivity contribution in [3.63, 3.8) is 0 Å². The van der Waals surface area contributed by atoms with E-state index in [1.165, 1.54) is 4.88 Å². The molecule has 2 rings (SSSR count). The summed E-state index contributed by atoms with van der Waals surface area (Å²) in [6.45, 7) is 9.66. The number of carbonyl (C=O) groups is 2. The first-order chi connectivity index (χ1) is 11.3. The van der Waals surface area contributed by atoms with Gasteiger partial charge in [0.2, 0.25) is 5.91 Å². The third-order valence-electron chi connectivity index (χ3n) is 4.07. The van der Waals surface area contributed by atoms with Gasteiger partial charge in [-0.3, -0.25) is 4.79 Å². The Bertz CT molecular complexity index is 537. The molecule has 2 heterocycles. The summed E-state index contributed by atoms with van der Waals surface area (Å²) < 4.78 is 0. The highest BCUT2D eigenvalue weighted by Gasteiger charge is 2.22. The van der Waals surface area contributed by atoms with Crippen LogP contribution in [-0.2, 0) is 11.2 Å². The summed E-state index contributed by atoms with van der Waals surface area (Å²) in [5.41, 5.74) is 0.0747. The van der Waals surface area contributed by atoms with E-state index in [1.54, 1.807) is 11.3 Å². The Morgan fingerprint density at radius 1 is 1.17 bits per heavy atom. The molecule has 24 heavy (non-hydrogen) atoms. The van der Waals surface area contributed by atoms with E-state index in [0.717, 1.165) is 19.4 Å². The lowest BCUT2D eigenvalue weighted by atomic mass is 9.97. The lowest BCUT2D eigenvalue weighted by Crippen LogP contribution is -2.44. The molecule has 1 fully saturated rings. The minimum absolute atomic E-state index is 0.0159. The second-order valence-corrected chi connectivity index (χ2v) is 8.55. The molecule has 1 aliphatic rings. The van der Waals surface area contributed by atoms with Crippen LogP contribution in [0, 0.1) is 5.41 Å². The van der Waals surface area contributed by atoms with Gasteiger partial charge in [-0.05, 0) is 29.7 Å². The van der Waals surface area contributed by atoms with E-state index in [-0.39, 0.29) is 17.4 Å². The Labute approximate surface area is 149 Å². The van der Waals surface area contributed by atoms with Crippen LogP contribution in [0.15, 0.2) is 17.5 Å². The van der Waals surface area contributed by atoms with Gasteiger partial charge in [0.25, 0.3) is 0 Å². The molecule has 134 valence electrons. The largest absolute Gasteiger partial charge is 0.341 e. The summed E-state index contributed by atoms with van der Waals surface area (Å²) in [7, 11) is 0. The number of aryl methyl sites for hydroxylation is 1. The first-order valence-corrected chi connectivity index (χ1v) is 9.56. The van der Waals surface area contributed by atoms with Crippen molar-refractivity contribution in [3.05, 3.63) is 22.4 Å². The molecule has 0 aliphatic carbocycles. The zero-order valence-electron chi connectivity index (χ0n) is 15.0. The average Bonchev–Trinajstić information content (AvgIpc) is 2.92. The third kappa shape index (κ3) is 6.15. The smallest absolute Gasteiger partial charge is 0.317 e. The molecule has 1 saturated heterocycles. The first-order valence-electron chi connectivity index (χ1n) is 8.68. The fourth-order valence-electron chi connectivity index (χ4n) is 2.67. The Morgan fingerprint density at radius 2 is 1.88 bits per heavy atom. The molecule has 0 aromatic carbocycles. The Balaban J connectivity index is 1.77. The van der Waals surface area contributed by atoms with E-state index in [4.69, 9.17) is 0 Å². The zero-order chi connectivity index (χ0) is 17.6. The fraction of sp³-hybridized carbons (Fsp3) is 0.667. The predicted molar refractivity (Wildman–Crippen MR) is 98.3 cm³/mol. The number of thiophene rings is 1. The van der Waals surface area contributed by atoms with Gasteiger partial charge in [0.1, 0.15) is 0 Å². The number of amides is 3. The van der Waals surface area contributed by atoms with Crippen molar-refractivity contribution < 1.29 is 9.59 Å². The molecule has 1 aliphatic heterocycles. The molecule has 0 radical (unpaired) electrons. The standard InChI is InChI=1S/C18H29N3O2S/c1-18(2,3)14-19-17(23)21-10-5-9-20(11-12-21)16(22)8-7-15-6-4-13-24-15/h4,6,13H,5,7-12,14H2,1-3H3,(H,19,23). The van der Waals surface area contributed by atoms with Gasteiger partial charge in [0, 0.05) is 44.0 Å². The highest BCUT2D eigenvalue weighted by molar-refractivity contribution is 7.09. The normalized spacial score (nSPS) is 16.0. The van der Waals surface area contributed by atoms with E-state index in [2.05, 4.69) is 32.2 Å². The van der Waals surface area contributed by atoms with Crippen LogP contribution in [0.25, 0.3) is 0 Å². The fourth-order valence-corrected chi connectivity index (χ4v) is 3.37. The monoisotopic (exact) mass is 351 g/mol. The molecule has 0 unspecified atom stereocenters. The van der Waals surface area contributed by atoms with Gasteiger partial charge < -0.3 is 15.1 Å². The SMILES string of the molecule is CC(C)(C)CNC(=O)N1CCCN(C(=O)CCc2cccs2)CC1. The summed E-state index contributed by atoms with van der Waals surface area (Å²) in [5, 5.41) is 5.03. The van der Waals surface area contributed by atoms with Crippen LogP contribution < -0.4 is 5.32 Å². The topological polar surface area (TPSA) is 52.7 Å². The number of nitrogens with one attached hydrogen (secondary N) is 1. The van der Waals surface area contributed by atoms with Gasteiger partial charge in [0.05, 0.1) is 0 Å². The average molecular weight is 352 g/mol. The molecule has 0 atom stereocenters. The van der Waals surface area contributed by atoms with Crippen LogP contribution in [0.4, 0.5) is 4.79 Å². The number of nitrogens with zero attached hydrogens (tertiary/aromatic N) is 2. The van der Waals surface area contributed by atoms with Crippen LogP contribution in [-0.4, -0.2) is 54.5 Å². The minimum Gasteiger partial charge on any atom is -0.341 e. The van der Waals surface area contributed by atoms with Gasteiger partial charge >= 0.3 is 6.03 Å². The van der Waals surface area contributed by atoms with E-state index in [0.29, 0.717) is 32.6 Å². The number of hydrogen-bond acceptors (Lipinski definition) is 3. The molecule has 1 aromatic heterocycles. The van der Waals surface area contributed by atoms with Gasteiger partial charge in [-0.25, -0.2) is 4.79 Å². The maximum absolute atomic E-state index is 12.4. The molecule has 0 saturated carbocycles. The summed E-state index contributed by atoms with van der Waals surface area (Å²) >= 11 is 1.70. The predicted octanol–water partition coefficient (Wildman–Crippen LogP) is 2.97. The van der Waals surface area contributed by atoms with Crippen molar-refractivity contribution in [2.24, 2.45) is 5.41 Å². The molecule has 0 bridgehead atoms. The van der Waals surface area contributed by atoms with Gasteiger partial charge in [-0.15, -0.1) is 11.3 Å². The summed E-state index contributed by atoms with van der Waals surface area (Å²) in [5.74, 6) is 0.195. The second kappa shape index (κ2) is 8.51. The Kier molecular flexibility index (Phi) is 6.66. The molecular weight excluding hydrogens is 322 g/mol. The van der Waals surface area contributed by atoms with Gasteiger partial charge in [0.15, 0.2) is 0 Å². The quantitative estimate of drug-likeness (QED) is 0.907. The van der Waals surface area contributed by atoms with Gasteiger partial charge in [-0.2, -0.15) is 0 Å². The molecule has 6 heteroatoms. The molecule has 0 spiro atoms. The van der Waals surface area contributed by atoms with E-state index in [1.807, 2.05) is 21.2 Å². The second-order valence-electron chi connectivity index (χ2n) is 7.52. The summed E-state index contributed by atoms with van der Waals surface area (Å²) in [6, 6.07) is 4.07. The van der Waals surface area contributed by atoms with Crippen molar-refractivity contribution in [1.29, 1.82) is 0 Å². The molecule has 1 aromatic rings. The lowest BCUT2D eigenvalue weighted by molar-refractivity contribution is -0.131. The highest BCUT2D eigenvalue weighted by Crippen LogP contribution is 2.13. The summed E-state index contributed by atoms with van der Waals surface area (Å²) in [4.78, 5) is 29.6. The lowest BCUT2D eigenvalue weighted by Gasteiger charge is -2.25. The van der Waals surface area contributed by atoms with Crippen LogP contribution in [0.3, 0.4) is 0 Å². The molecule has 1 N–H and O–H groups in total. The Morgan fingerprint density at radius 3 is 2.54 bits per heavy atom. The molecule has 5 nitrogen and oxygen atoms in total. The number of hydrogen-bond donors (Lipinski definition) is 1. The zero-order valence-corrected chi connectivity index (χ0v) is 15.8. The molecular formula is C18H29N3O2S. The minimum atomic E-state index is -0.0159. The maximum atomic E-state index is 12.4. The number of urea groups is 1. The van der Waals surface area contributed by atoms with Crippen molar-refractivity contribution in [1.82, 2.24) is 15.1 Å². The van der Waals surface area contributed by atoms with Crippen molar-refractivity contribution >= 4 is 23.3 Å². The number of rotatable bonds is 4. The molecule has 3 amide bonds. The van der Waals surface area contributed by atoms with E-state index >= 15 is 0 Å². The maximum Gasteiger partial charge on any atom is 0.317 e. The highest BCUT2D eigenvalue weighted by atomic mass is 32.1. The first kappa shape index (κ1) is 18.8. The van der Waals surface area contributed by atoms with E-state index in [9.17, 15) is 9.59 Å². The summed E-state index contributed by atoms with van der Waals surface area (Å²) in [6.07, 6.45) is 2.20. The number of carbonyl (C=O) groups excluding carboxylic acids is 2. The third-order valence-corrected chi connectivity index (χ3v) is 5.01. The van der Waals surface area contributed by atoms with Crippen LogP contribution in [0.1, 0.15) is 38.5 Å². The Hall–Kier alpha value is -1.56. The van der Waals surface area contributed by atoms with E-state index < -0.39 is 0 Å². The van der Waals surface area contributed by atoms with Gasteiger partial charge in [-0.1, -0.05) is 26.8 Å². The van der Waals surface area contributed by atoms with Crippen molar-refractivity contribution in [3.8, 4) is 0 Å². The van der Waals surface area contributed by atoms with Crippen molar-refractivity contribution in [2.75, 3.05) is 32.7 Å². The van der Waals surface area contributed by atoms with Crippen LogP contribution in [0.5, 0.6) is 0 Å². The van der Waals surface area contributed by atoms with Crippen LogP contribution in [0.2, 0.25) is 0 Å². The van der Waals surface area contributed by atoms with Crippen molar-refractivity contribution in [2.45, 2.75) is 40.0 Å². The van der Waals surface area contributed by atoms with Crippen LogP contribution >= 0.6 is 11.3 Å².